The zero-order valence-corrected chi connectivity index (χ0v) is 7.57. The number of nitrogens with zero attached hydrogens (tertiary/aromatic N) is 6. The minimum Gasteiger partial charge on any atom is -0.180 e. The molecule has 0 saturated heterocycles. The largest absolute Gasteiger partial charge is 0.180 e. The molecule has 70 valence electrons. The minimum absolute atomic E-state index is 0.600. The molecule has 2 heterocycles. The van der Waals surface area contributed by atoms with Gasteiger partial charge in [-0.25, -0.2) is 0 Å². The summed E-state index contributed by atoms with van der Waals surface area (Å²) in [7, 11) is 0. The Labute approximate surface area is 80.3 Å². The standard InChI is InChI=1S/C8H8N6/c1-2-3-7-4-5-8(11-10-7)14-6-9-12-13-14/h2-6H,1H3/b3-2+. The van der Waals surface area contributed by atoms with E-state index in [4.69, 9.17) is 0 Å². The highest BCUT2D eigenvalue weighted by Crippen LogP contribution is 2.01. The summed E-state index contributed by atoms with van der Waals surface area (Å²) in [5, 5.41) is 18.6. The third kappa shape index (κ3) is 1.63. The lowest BCUT2D eigenvalue weighted by Gasteiger charge is -1.96. The average Bonchev–Trinajstić information content (AvgIpc) is 2.72. The van der Waals surface area contributed by atoms with Crippen LogP contribution in [-0.4, -0.2) is 30.4 Å². The van der Waals surface area contributed by atoms with Gasteiger partial charge in [-0.3, -0.25) is 0 Å². The Morgan fingerprint density at radius 1 is 1.29 bits per heavy atom. The van der Waals surface area contributed by atoms with Crippen molar-refractivity contribution in [2.45, 2.75) is 6.92 Å². The van der Waals surface area contributed by atoms with Gasteiger partial charge in [0.2, 0.25) is 0 Å². The van der Waals surface area contributed by atoms with Gasteiger partial charge < -0.3 is 0 Å². The first-order valence-electron chi connectivity index (χ1n) is 4.10. The number of rotatable bonds is 2. The van der Waals surface area contributed by atoms with E-state index in [9.17, 15) is 0 Å². The van der Waals surface area contributed by atoms with Gasteiger partial charge in [0, 0.05) is 0 Å². The van der Waals surface area contributed by atoms with Crippen molar-refractivity contribution in [3.63, 3.8) is 0 Å². The van der Waals surface area contributed by atoms with Gasteiger partial charge >= 0.3 is 0 Å². The van der Waals surface area contributed by atoms with Crippen LogP contribution in [0.25, 0.3) is 11.9 Å². The van der Waals surface area contributed by atoms with Crippen LogP contribution in [0.1, 0.15) is 12.6 Å². The van der Waals surface area contributed by atoms with Crippen LogP contribution in [0.4, 0.5) is 0 Å². The predicted octanol–water partition coefficient (Wildman–Crippen LogP) is 0.485. The highest BCUT2D eigenvalue weighted by atomic mass is 15.5. The van der Waals surface area contributed by atoms with Crippen LogP contribution in [0.3, 0.4) is 0 Å². The maximum atomic E-state index is 3.97. The fourth-order valence-corrected chi connectivity index (χ4v) is 0.984. The van der Waals surface area contributed by atoms with E-state index in [1.54, 1.807) is 6.07 Å². The summed E-state index contributed by atoms with van der Waals surface area (Å²) in [5.41, 5.74) is 0.810. The quantitative estimate of drug-likeness (QED) is 0.685. The molecule has 0 saturated carbocycles. The van der Waals surface area contributed by atoms with Crippen LogP contribution >= 0.6 is 0 Å². The molecule has 0 aliphatic heterocycles. The van der Waals surface area contributed by atoms with Gasteiger partial charge in [-0.1, -0.05) is 6.08 Å². The van der Waals surface area contributed by atoms with Crippen molar-refractivity contribution < 1.29 is 0 Å². The highest BCUT2D eigenvalue weighted by molar-refractivity contribution is 5.43. The third-order valence-electron chi connectivity index (χ3n) is 1.59. The number of aromatic nitrogens is 6. The van der Waals surface area contributed by atoms with Crippen molar-refractivity contribution in [2.75, 3.05) is 0 Å². The molecule has 0 radical (unpaired) electrons. The Balaban J connectivity index is 2.31. The molecule has 0 unspecified atom stereocenters. The number of hydrogen-bond donors (Lipinski definition) is 0. The molecule has 0 N–H and O–H groups in total. The molecule has 0 aliphatic carbocycles. The van der Waals surface area contributed by atoms with Crippen LogP contribution in [0.5, 0.6) is 0 Å². The van der Waals surface area contributed by atoms with E-state index >= 15 is 0 Å². The first-order valence-corrected chi connectivity index (χ1v) is 4.10. The van der Waals surface area contributed by atoms with E-state index in [1.165, 1.54) is 11.0 Å². The Bertz CT molecular complexity index is 416. The molecule has 0 bridgehead atoms. The lowest BCUT2D eigenvalue weighted by Crippen LogP contribution is -2.00. The first kappa shape index (κ1) is 8.49. The van der Waals surface area contributed by atoms with Crippen LogP contribution in [0.2, 0.25) is 0 Å². The van der Waals surface area contributed by atoms with Gasteiger partial charge in [-0.15, -0.1) is 15.3 Å². The van der Waals surface area contributed by atoms with Gasteiger partial charge in [0.1, 0.15) is 6.33 Å². The summed E-state index contributed by atoms with van der Waals surface area (Å²) in [5.74, 6) is 0.600. The Morgan fingerprint density at radius 2 is 2.21 bits per heavy atom. The highest BCUT2D eigenvalue weighted by Gasteiger charge is 1.98. The zero-order valence-electron chi connectivity index (χ0n) is 7.57. The molecule has 2 aromatic rings. The number of allylic oxidation sites excluding steroid dienone is 1. The summed E-state index contributed by atoms with van der Waals surface area (Å²) in [6.45, 7) is 1.93. The van der Waals surface area contributed by atoms with Gasteiger partial charge in [0.05, 0.1) is 5.69 Å². The topological polar surface area (TPSA) is 69.4 Å². The van der Waals surface area contributed by atoms with Crippen LogP contribution in [-0.2, 0) is 0 Å². The molecular formula is C8H8N6. The van der Waals surface area contributed by atoms with Crippen LogP contribution in [0.15, 0.2) is 24.5 Å². The molecule has 0 amide bonds. The van der Waals surface area contributed by atoms with Crippen LogP contribution < -0.4 is 0 Å². The molecule has 6 heteroatoms. The molecule has 0 fully saturated rings. The summed E-state index contributed by atoms with van der Waals surface area (Å²) >= 11 is 0. The molecule has 0 aliphatic rings. The van der Waals surface area contributed by atoms with Gasteiger partial charge in [-0.2, -0.15) is 4.68 Å². The normalized spacial score (nSPS) is 10.9. The second-order valence-electron chi connectivity index (χ2n) is 2.57. The molecular weight excluding hydrogens is 180 g/mol. The van der Waals surface area contributed by atoms with E-state index in [1.807, 2.05) is 25.1 Å². The second-order valence-corrected chi connectivity index (χ2v) is 2.57. The summed E-state index contributed by atoms with van der Waals surface area (Å²) < 4.78 is 1.45. The Hall–Kier alpha value is -2.11. The molecule has 0 atom stereocenters. The molecule has 0 aromatic carbocycles. The van der Waals surface area contributed by atoms with E-state index < -0.39 is 0 Å². The Morgan fingerprint density at radius 3 is 2.79 bits per heavy atom. The minimum atomic E-state index is 0.600. The zero-order chi connectivity index (χ0) is 9.80. The van der Waals surface area contributed by atoms with Crippen molar-refractivity contribution in [1.29, 1.82) is 0 Å². The second kappa shape index (κ2) is 3.73. The molecule has 0 spiro atoms. The van der Waals surface area contributed by atoms with E-state index in [-0.39, 0.29) is 0 Å². The SMILES string of the molecule is C/C=C/c1ccc(-n2cnnn2)nn1. The van der Waals surface area contributed by atoms with Crippen molar-refractivity contribution >= 4 is 6.08 Å². The summed E-state index contributed by atoms with van der Waals surface area (Å²) in [4.78, 5) is 0. The lowest BCUT2D eigenvalue weighted by molar-refractivity contribution is 0.754. The monoisotopic (exact) mass is 188 g/mol. The van der Waals surface area contributed by atoms with E-state index in [0.29, 0.717) is 5.82 Å². The molecule has 6 nitrogen and oxygen atoms in total. The maximum Gasteiger partial charge on any atom is 0.179 e. The fraction of sp³-hybridized carbons (Fsp3) is 0.125. The smallest absolute Gasteiger partial charge is 0.179 e. The van der Waals surface area contributed by atoms with Crippen molar-refractivity contribution in [3.05, 3.63) is 30.2 Å². The maximum absolute atomic E-state index is 3.97. The number of hydrogen-bond acceptors (Lipinski definition) is 5. The predicted molar refractivity (Wildman–Crippen MR) is 49.5 cm³/mol. The van der Waals surface area contributed by atoms with E-state index in [0.717, 1.165) is 5.69 Å². The van der Waals surface area contributed by atoms with Gasteiger partial charge in [-0.05, 0) is 35.6 Å². The molecule has 2 aromatic heterocycles. The average molecular weight is 188 g/mol. The first-order chi connectivity index (χ1) is 6.90. The van der Waals surface area contributed by atoms with Crippen LogP contribution in [0, 0.1) is 0 Å². The molecule has 2 rings (SSSR count). The van der Waals surface area contributed by atoms with Gasteiger partial charge in [0.25, 0.3) is 0 Å². The molecule has 14 heavy (non-hydrogen) atoms. The van der Waals surface area contributed by atoms with Crippen molar-refractivity contribution in [3.8, 4) is 5.82 Å². The number of tetrazole rings is 1. The lowest BCUT2D eigenvalue weighted by atomic mass is 10.3. The van der Waals surface area contributed by atoms with Gasteiger partial charge in [0.15, 0.2) is 5.82 Å². The van der Waals surface area contributed by atoms with Crippen molar-refractivity contribution in [1.82, 2.24) is 30.4 Å². The van der Waals surface area contributed by atoms with E-state index in [2.05, 4.69) is 25.7 Å². The Kier molecular flexibility index (Phi) is 2.26. The summed E-state index contributed by atoms with van der Waals surface area (Å²) in [6, 6.07) is 3.66. The summed E-state index contributed by atoms with van der Waals surface area (Å²) in [6.07, 6.45) is 5.25. The fourth-order valence-electron chi connectivity index (χ4n) is 0.984. The van der Waals surface area contributed by atoms with Crippen molar-refractivity contribution in [2.24, 2.45) is 0 Å². The third-order valence-corrected chi connectivity index (χ3v) is 1.59.